The van der Waals surface area contributed by atoms with E-state index < -0.39 is 6.04 Å². The average Bonchev–Trinajstić information content (AvgIpc) is 2.83. The summed E-state index contributed by atoms with van der Waals surface area (Å²) < 4.78 is 5.31. The fourth-order valence-electron chi connectivity index (χ4n) is 4.99. The van der Waals surface area contributed by atoms with E-state index in [0.29, 0.717) is 6.54 Å². The highest BCUT2D eigenvalue weighted by molar-refractivity contribution is 5.88. The zero-order valence-electron chi connectivity index (χ0n) is 20.1. The number of likely N-dealkylation sites (tertiary alicyclic amines) is 1. The lowest BCUT2D eigenvalue weighted by Crippen LogP contribution is -2.52. The van der Waals surface area contributed by atoms with Gasteiger partial charge in [0.25, 0.3) is 0 Å². The molecule has 6 nitrogen and oxygen atoms in total. The SMILES string of the molecule is COc1ccc(C(CNC(=O)C(NC(=O)C2CCCCC2)C(C)C)N2CCCCC2)cc1. The second-order valence-corrected chi connectivity index (χ2v) is 9.70. The predicted octanol–water partition coefficient (Wildman–Crippen LogP) is 4.06. The molecule has 0 radical (unpaired) electrons. The standard InChI is InChI=1S/C26H41N3O3/c1-19(2)24(28-25(30)21-10-6-4-7-11-21)26(31)27-18-23(29-16-8-5-9-17-29)20-12-14-22(32-3)15-13-20/h12-15,19,21,23-24H,4-11,16-18H2,1-3H3,(H,27,31)(H,28,30). The van der Waals surface area contributed by atoms with Crippen LogP contribution in [0.3, 0.4) is 0 Å². The number of hydrogen-bond acceptors (Lipinski definition) is 4. The van der Waals surface area contributed by atoms with Crippen molar-refractivity contribution in [2.24, 2.45) is 11.8 Å². The number of carbonyl (C=O) groups excluding carboxylic acids is 2. The predicted molar refractivity (Wildman–Crippen MR) is 128 cm³/mol. The Labute approximate surface area is 193 Å². The van der Waals surface area contributed by atoms with Gasteiger partial charge in [-0.2, -0.15) is 0 Å². The second kappa shape index (κ2) is 12.2. The monoisotopic (exact) mass is 443 g/mol. The zero-order valence-corrected chi connectivity index (χ0v) is 20.1. The average molecular weight is 444 g/mol. The van der Waals surface area contributed by atoms with E-state index in [9.17, 15) is 9.59 Å². The van der Waals surface area contributed by atoms with Crippen LogP contribution >= 0.6 is 0 Å². The van der Waals surface area contributed by atoms with Crippen molar-refractivity contribution in [2.75, 3.05) is 26.7 Å². The lowest BCUT2D eigenvalue weighted by Gasteiger charge is -2.35. The molecule has 1 saturated carbocycles. The Morgan fingerprint density at radius 3 is 2.22 bits per heavy atom. The van der Waals surface area contributed by atoms with Crippen LogP contribution in [0.2, 0.25) is 0 Å². The highest BCUT2D eigenvalue weighted by Crippen LogP contribution is 2.26. The first-order chi connectivity index (χ1) is 15.5. The number of nitrogens with zero attached hydrogens (tertiary/aromatic N) is 1. The van der Waals surface area contributed by atoms with Crippen molar-refractivity contribution in [3.63, 3.8) is 0 Å². The van der Waals surface area contributed by atoms with Gasteiger partial charge in [-0.05, 0) is 62.4 Å². The molecule has 1 aliphatic heterocycles. The molecule has 32 heavy (non-hydrogen) atoms. The van der Waals surface area contributed by atoms with Crippen LogP contribution in [0.25, 0.3) is 0 Å². The van der Waals surface area contributed by atoms with Crippen molar-refractivity contribution >= 4 is 11.8 Å². The molecule has 1 heterocycles. The highest BCUT2D eigenvalue weighted by Gasteiger charge is 2.30. The molecule has 2 N–H and O–H groups in total. The Kier molecular flexibility index (Phi) is 9.39. The molecule has 2 amide bonds. The number of piperidine rings is 1. The van der Waals surface area contributed by atoms with E-state index in [1.165, 1.54) is 31.2 Å². The molecule has 1 saturated heterocycles. The molecule has 6 heteroatoms. The maximum atomic E-state index is 13.2. The van der Waals surface area contributed by atoms with Crippen LogP contribution in [0.15, 0.2) is 24.3 Å². The number of carbonyl (C=O) groups is 2. The summed E-state index contributed by atoms with van der Waals surface area (Å²) in [6, 6.07) is 7.77. The van der Waals surface area contributed by atoms with Gasteiger partial charge >= 0.3 is 0 Å². The van der Waals surface area contributed by atoms with E-state index in [1.54, 1.807) is 7.11 Å². The van der Waals surface area contributed by atoms with Gasteiger partial charge in [0.1, 0.15) is 11.8 Å². The summed E-state index contributed by atoms with van der Waals surface area (Å²) in [5, 5.41) is 6.23. The molecule has 178 valence electrons. The summed E-state index contributed by atoms with van der Waals surface area (Å²) in [5.41, 5.74) is 1.18. The Morgan fingerprint density at radius 1 is 1.00 bits per heavy atom. The lowest BCUT2D eigenvalue weighted by atomic mass is 9.88. The van der Waals surface area contributed by atoms with Crippen molar-refractivity contribution in [2.45, 2.75) is 77.3 Å². The third-order valence-electron chi connectivity index (χ3n) is 7.02. The van der Waals surface area contributed by atoms with E-state index >= 15 is 0 Å². The number of rotatable bonds is 9. The Balaban J connectivity index is 1.65. The first-order valence-corrected chi connectivity index (χ1v) is 12.5. The number of amides is 2. The Bertz CT molecular complexity index is 722. The molecule has 2 aliphatic rings. The molecule has 3 rings (SSSR count). The topological polar surface area (TPSA) is 70.7 Å². The Morgan fingerprint density at radius 2 is 1.62 bits per heavy atom. The summed E-state index contributed by atoms with van der Waals surface area (Å²) in [6.45, 7) is 6.61. The van der Waals surface area contributed by atoms with Crippen LogP contribution in [-0.2, 0) is 9.59 Å². The van der Waals surface area contributed by atoms with Crippen molar-refractivity contribution < 1.29 is 14.3 Å². The van der Waals surface area contributed by atoms with Crippen LogP contribution in [0.4, 0.5) is 0 Å². The quantitative estimate of drug-likeness (QED) is 0.604. The molecule has 0 aromatic heterocycles. The van der Waals surface area contributed by atoms with Crippen molar-refractivity contribution in [1.82, 2.24) is 15.5 Å². The van der Waals surface area contributed by atoms with Gasteiger partial charge in [-0.25, -0.2) is 0 Å². The molecule has 0 bridgehead atoms. The maximum absolute atomic E-state index is 13.2. The number of methoxy groups -OCH3 is 1. The van der Waals surface area contributed by atoms with E-state index in [2.05, 4.69) is 27.7 Å². The minimum Gasteiger partial charge on any atom is -0.497 e. The molecule has 2 atom stereocenters. The third kappa shape index (κ3) is 6.71. The molecule has 2 fully saturated rings. The number of nitrogens with one attached hydrogen (secondary N) is 2. The number of hydrogen-bond donors (Lipinski definition) is 2. The van der Waals surface area contributed by atoms with Crippen LogP contribution < -0.4 is 15.4 Å². The van der Waals surface area contributed by atoms with Crippen molar-refractivity contribution in [3.05, 3.63) is 29.8 Å². The lowest BCUT2D eigenvalue weighted by molar-refractivity contribution is -0.132. The normalized spacial score (nSPS) is 19.9. The van der Waals surface area contributed by atoms with E-state index in [1.807, 2.05) is 26.0 Å². The number of ether oxygens (including phenoxy) is 1. The molecule has 2 unspecified atom stereocenters. The summed E-state index contributed by atoms with van der Waals surface area (Å²) in [4.78, 5) is 28.4. The van der Waals surface area contributed by atoms with Gasteiger partial charge < -0.3 is 15.4 Å². The molecule has 1 aliphatic carbocycles. The Hall–Kier alpha value is -2.08. The van der Waals surface area contributed by atoms with Crippen molar-refractivity contribution in [1.29, 1.82) is 0 Å². The number of benzene rings is 1. The van der Waals surface area contributed by atoms with Gasteiger partial charge in [-0.15, -0.1) is 0 Å². The molecular weight excluding hydrogens is 402 g/mol. The van der Waals surface area contributed by atoms with Crippen LogP contribution in [0.1, 0.15) is 76.8 Å². The minimum absolute atomic E-state index is 0.0389. The van der Waals surface area contributed by atoms with E-state index in [4.69, 9.17) is 4.74 Å². The minimum atomic E-state index is -0.498. The zero-order chi connectivity index (χ0) is 22.9. The molecule has 0 spiro atoms. The van der Waals surface area contributed by atoms with Gasteiger partial charge in [-0.1, -0.05) is 51.7 Å². The summed E-state index contributed by atoms with van der Waals surface area (Å²) in [7, 11) is 1.67. The first kappa shape index (κ1) is 24.6. The summed E-state index contributed by atoms with van der Waals surface area (Å²) in [5.74, 6) is 0.886. The second-order valence-electron chi connectivity index (χ2n) is 9.70. The van der Waals surface area contributed by atoms with E-state index in [-0.39, 0.29) is 29.7 Å². The van der Waals surface area contributed by atoms with Gasteiger partial charge in [0.15, 0.2) is 0 Å². The maximum Gasteiger partial charge on any atom is 0.242 e. The third-order valence-corrected chi connectivity index (χ3v) is 7.02. The molecule has 1 aromatic rings. The van der Waals surface area contributed by atoms with Crippen LogP contribution in [0, 0.1) is 11.8 Å². The fourth-order valence-corrected chi connectivity index (χ4v) is 4.99. The smallest absolute Gasteiger partial charge is 0.242 e. The van der Waals surface area contributed by atoms with E-state index in [0.717, 1.165) is 44.5 Å². The highest BCUT2D eigenvalue weighted by atomic mass is 16.5. The molecular formula is C26H41N3O3. The largest absolute Gasteiger partial charge is 0.497 e. The van der Waals surface area contributed by atoms with Gasteiger partial charge in [0, 0.05) is 12.5 Å². The van der Waals surface area contributed by atoms with Gasteiger partial charge in [-0.3, -0.25) is 14.5 Å². The van der Waals surface area contributed by atoms with Gasteiger partial charge in [0.05, 0.1) is 13.2 Å². The fraction of sp³-hybridized carbons (Fsp3) is 0.692. The van der Waals surface area contributed by atoms with Crippen LogP contribution in [-0.4, -0.2) is 49.5 Å². The molecule has 1 aromatic carbocycles. The summed E-state index contributed by atoms with van der Waals surface area (Å²) in [6.07, 6.45) is 8.94. The van der Waals surface area contributed by atoms with Crippen LogP contribution in [0.5, 0.6) is 5.75 Å². The van der Waals surface area contributed by atoms with Crippen molar-refractivity contribution in [3.8, 4) is 5.75 Å². The first-order valence-electron chi connectivity index (χ1n) is 12.5. The summed E-state index contributed by atoms with van der Waals surface area (Å²) >= 11 is 0. The van der Waals surface area contributed by atoms with Gasteiger partial charge in [0.2, 0.25) is 11.8 Å².